The van der Waals surface area contributed by atoms with Gasteiger partial charge in [-0.1, -0.05) is 32.0 Å². The van der Waals surface area contributed by atoms with Gasteiger partial charge in [-0.05, 0) is 48.1 Å². The number of aliphatic hydroxyl groups is 1. The fraction of sp³-hybridized carbons (Fsp3) is 0.625. The highest BCUT2D eigenvalue weighted by atomic mass is 32.2. The number of benzene rings is 1. The molecule has 0 saturated carbocycles. The van der Waals surface area contributed by atoms with Crippen LogP contribution in [0.4, 0.5) is 0 Å². The lowest BCUT2D eigenvalue weighted by molar-refractivity contribution is 0.0197. The maximum absolute atomic E-state index is 10.9. The second kappa shape index (κ2) is 4.90. The van der Waals surface area contributed by atoms with Gasteiger partial charge in [0.25, 0.3) is 0 Å². The number of rotatable bonds is 2. The molecule has 1 unspecified atom stereocenters. The van der Waals surface area contributed by atoms with E-state index in [-0.39, 0.29) is 5.41 Å². The van der Waals surface area contributed by atoms with Gasteiger partial charge < -0.3 is 5.11 Å². The summed E-state index contributed by atoms with van der Waals surface area (Å²) in [5.41, 5.74) is 3.64. The fourth-order valence-corrected chi connectivity index (χ4v) is 4.42. The summed E-state index contributed by atoms with van der Waals surface area (Å²) in [6, 6.07) is 6.39. The molecule has 0 spiro atoms. The molecule has 0 amide bonds. The van der Waals surface area contributed by atoms with Crippen LogP contribution in [0.3, 0.4) is 0 Å². The van der Waals surface area contributed by atoms with Crippen LogP contribution in [-0.4, -0.2) is 22.2 Å². The minimum absolute atomic E-state index is 0.244. The summed E-state index contributed by atoms with van der Waals surface area (Å²) in [5.74, 6) is 2.02. The first-order valence-corrected chi connectivity index (χ1v) is 7.82. The predicted octanol–water partition coefficient (Wildman–Crippen LogP) is 3.74. The van der Waals surface area contributed by atoms with Gasteiger partial charge in [-0.2, -0.15) is 11.8 Å². The van der Waals surface area contributed by atoms with E-state index in [1.165, 1.54) is 16.7 Å². The van der Waals surface area contributed by atoms with E-state index in [2.05, 4.69) is 45.9 Å². The summed E-state index contributed by atoms with van der Waals surface area (Å²) in [7, 11) is 0. The van der Waals surface area contributed by atoms with E-state index < -0.39 is 5.60 Å². The first kappa shape index (κ1) is 14.0. The Morgan fingerprint density at radius 1 is 1.17 bits per heavy atom. The highest BCUT2D eigenvalue weighted by Gasteiger charge is 2.39. The van der Waals surface area contributed by atoms with Crippen molar-refractivity contribution in [2.24, 2.45) is 5.41 Å². The van der Waals surface area contributed by atoms with E-state index in [4.69, 9.17) is 0 Å². The van der Waals surface area contributed by atoms with E-state index in [1.807, 2.05) is 11.8 Å². The zero-order valence-electron chi connectivity index (χ0n) is 11.9. The Bertz CT molecular complexity index is 418. The smallest absolute Gasteiger partial charge is 0.0783 e. The van der Waals surface area contributed by atoms with Crippen LogP contribution in [0.25, 0.3) is 0 Å². The molecule has 1 N–H and O–H groups in total. The minimum Gasteiger partial charge on any atom is -0.389 e. The molecule has 2 heteroatoms. The van der Waals surface area contributed by atoms with Gasteiger partial charge in [0, 0.05) is 12.2 Å². The molecule has 0 aliphatic carbocycles. The average Bonchev–Trinajstić information content (AvgIpc) is 2.22. The van der Waals surface area contributed by atoms with Gasteiger partial charge in [0.1, 0.15) is 0 Å². The van der Waals surface area contributed by atoms with E-state index in [0.29, 0.717) is 0 Å². The van der Waals surface area contributed by atoms with Crippen molar-refractivity contribution in [1.29, 1.82) is 0 Å². The van der Waals surface area contributed by atoms with Crippen molar-refractivity contribution in [3.05, 3.63) is 34.9 Å². The minimum atomic E-state index is -0.538. The van der Waals surface area contributed by atoms with Gasteiger partial charge in [0.2, 0.25) is 0 Å². The lowest BCUT2D eigenvalue weighted by Gasteiger charge is -2.41. The highest BCUT2D eigenvalue weighted by molar-refractivity contribution is 7.99. The summed E-state index contributed by atoms with van der Waals surface area (Å²) in [5, 5.41) is 10.9. The van der Waals surface area contributed by atoms with Crippen molar-refractivity contribution in [3.8, 4) is 0 Å². The second-order valence-electron chi connectivity index (χ2n) is 6.61. The number of thioether (sulfide) groups is 1. The summed E-state index contributed by atoms with van der Waals surface area (Å²) >= 11 is 1.89. The van der Waals surface area contributed by atoms with Crippen molar-refractivity contribution < 1.29 is 5.11 Å². The van der Waals surface area contributed by atoms with Crippen molar-refractivity contribution in [2.45, 2.75) is 46.1 Å². The van der Waals surface area contributed by atoms with Crippen LogP contribution in [0.5, 0.6) is 0 Å². The van der Waals surface area contributed by atoms with Crippen molar-refractivity contribution in [2.75, 3.05) is 11.5 Å². The van der Waals surface area contributed by atoms with Crippen molar-refractivity contribution in [3.63, 3.8) is 0 Å². The van der Waals surface area contributed by atoms with Crippen LogP contribution < -0.4 is 0 Å². The Hall–Kier alpha value is -0.470. The molecule has 1 aliphatic heterocycles. The lowest BCUT2D eigenvalue weighted by Crippen LogP contribution is -2.44. The topological polar surface area (TPSA) is 20.2 Å². The monoisotopic (exact) mass is 264 g/mol. The molecule has 1 aromatic rings. The third-order valence-corrected chi connectivity index (χ3v) is 5.55. The second-order valence-corrected chi connectivity index (χ2v) is 7.59. The molecule has 1 fully saturated rings. The van der Waals surface area contributed by atoms with Gasteiger partial charge in [-0.25, -0.2) is 0 Å². The van der Waals surface area contributed by atoms with Crippen LogP contribution in [0.1, 0.15) is 37.0 Å². The molecule has 0 aromatic heterocycles. The standard InChI is InChI=1S/C16H24OS/c1-12-6-5-7-13(2)14(12)8-16(17)9-15(3,4)10-18-11-16/h5-7,17H,8-11H2,1-4H3. The zero-order valence-corrected chi connectivity index (χ0v) is 12.7. The van der Waals surface area contributed by atoms with Crippen LogP contribution in [0, 0.1) is 19.3 Å². The average molecular weight is 264 g/mol. The van der Waals surface area contributed by atoms with Gasteiger partial charge in [-0.3, -0.25) is 0 Å². The van der Waals surface area contributed by atoms with E-state index in [0.717, 1.165) is 24.3 Å². The zero-order chi connectivity index (χ0) is 13.4. The maximum atomic E-state index is 10.9. The van der Waals surface area contributed by atoms with E-state index in [9.17, 15) is 5.11 Å². The van der Waals surface area contributed by atoms with Gasteiger partial charge in [0.05, 0.1) is 5.60 Å². The van der Waals surface area contributed by atoms with Crippen LogP contribution >= 0.6 is 11.8 Å². The molecule has 1 aliphatic rings. The molecule has 18 heavy (non-hydrogen) atoms. The molecule has 1 aromatic carbocycles. The molecule has 1 heterocycles. The van der Waals surface area contributed by atoms with Crippen LogP contribution in [0.15, 0.2) is 18.2 Å². The normalized spacial score (nSPS) is 27.2. The summed E-state index contributed by atoms with van der Waals surface area (Å²) in [4.78, 5) is 0. The van der Waals surface area contributed by atoms with Gasteiger partial charge in [-0.15, -0.1) is 0 Å². The number of hydrogen-bond donors (Lipinski definition) is 1. The Labute approximate surface area is 115 Å². The Kier molecular flexibility index (Phi) is 3.80. The van der Waals surface area contributed by atoms with Gasteiger partial charge in [0.15, 0.2) is 0 Å². The Morgan fingerprint density at radius 2 is 1.78 bits per heavy atom. The third-order valence-electron chi connectivity index (χ3n) is 3.82. The van der Waals surface area contributed by atoms with Crippen LogP contribution in [0.2, 0.25) is 0 Å². The molecule has 1 nitrogen and oxygen atoms in total. The Balaban J connectivity index is 2.22. The van der Waals surface area contributed by atoms with Crippen LogP contribution in [-0.2, 0) is 6.42 Å². The molecule has 1 atom stereocenters. The molecule has 0 radical (unpaired) electrons. The third kappa shape index (κ3) is 3.10. The van der Waals surface area contributed by atoms with Crippen molar-refractivity contribution in [1.82, 2.24) is 0 Å². The first-order chi connectivity index (χ1) is 8.31. The quantitative estimate of drug-likeness (QED) is 0.878. The first-order valence-electron chi connectivity index (χ1n) is 6.67. The van der Waals surface area contributed by atoms with Crippen molar-refractivity contribution >= 4 is 11.8 Å². The van der Waals surface area contributed by atoms with Gasteiger partial charge >= 0.3 is 0 Å². The highest BCUT2D eigenvalue weighted by Crippen LogP contribution is 2.41. The molecular weight excluding hydrogens is 240 g/mol. The number of hydrogen-bond acceptors (Lipinski definition) is 2. The molecule has 0 bridgehead atoms. The van der Waals surface area contributed by atoms with E-state index >= 15 is 0 Å². The Morgan fingerprint density at radius 3 is 2.33 bits per heavy atom. The maximum Gasteiger partial charge on any atom is 0.0783 e. The lowest BCUT2D eigenvalue weighted by atomic mass is 9.78. The predicted molar refractivity (Wildman–Crippen MR) is 80.3 cm³/mol. The fourth-order valence-electron chi connectivity index (χ4n) is 3.08. The molecule has 2 rings (SSSR count). The molecular formula is C16H24OS. The summed E-state index contributed by atoms with van der Waals surface area (Å²) < 4.78 is 0. The summed E-state index contributed by atoms with van der Waals surface area (Å²) in [6.45, 7) is 8.81. The molecule has 1 saturated heterocycles. The number of aryl methyl sites for hydroxylation is 2. The van der Waals surface area contributed by atoms with E-state index in [1.54, 1.807) is 0 Å². The summed E-state index contributed by atoms with van der Waals surface area (Å²) in [6.07, 6.45) is 1.70. The molecule has 100 valence electrons. The SMILES string of the molecule is Cc1cccc(C)c1CC1(O)CSCC(C)(C)C1. The largest absolute Gasteiger partial charge is 0.389 e.